The van der Waals surface area contributed by atoms with Crippen LogP contribution in [0.25, 0.3) is 0 Å². The number of anilines is 1. The SMILES string of the molecule is Cc1cc(NC(=O)CN2CC(O)CC2CN(C)C)no1. The summed E-state index contributed by atoms with van der Waals surface area (Å²) >= 11 is 0. The van der Waals surface area contributed by atoms with Crippen LogP contribution in [0.5, 0.6) is 0 Å². The molecule has 1 saturated heterocycles. The first-order valence-corrected chi connectivity index (χ1v) is 6.74. The highest BCUT2D eigenvalue weighted by Crippen LogP contribution is 2.18. The minimum Gasteiger partial charge on any atom is -0.392 e. The van der Waals surface area contributed by atoms with Crippen molar-refractivity contribution in [2.24, 2.45) is 0 Å². The summed E-state index contributed by atoms with van der Waals surface area (Å²) in [6, 6.07) is 1.87. The topological polar surface area (TPSA) is 81.8 Å². The van der Waals surface area contributed by atoms with E-state index in [1.54, 1.807) is 13.0 Å². The Bertz CT molecular complexity index is 460. The van der Waals surface area contributed by atoms with Crippen molar-refractivity contribution >= 4 is 11.7 Å². The van der Waals surface area contributed by atoms with Crippen LogP contribution in [0.15, 0.2) is 10.6 Å². The maximum atomic E-state index is 12.0. The molecule has 2 N–H and O–H groups in total. The second-order valence-electron chi connectivity index (χ2n) is 5.61. The number of likely N-dealkylation sites (N-methyl/N-ethyl adjacent to an activating group) is 1. The van der Waals surface area contributed by atoms with Gasteiger partial charge in [0.1, 0.15) is 5.76 Å². The largest absolute Gasteiger partial charge is 0.392 e. The van der Waals surface area contributed by atoms with Crippen molar-refractivity contribution in [3.8, 4) is 0 Å². The molecule has 0 radical (unpaired) electrons. The normalized spacial score (nSPS) is 23.4. The number of amides is 1. The highest BCUT2D eigenvalue weighted by Gasteiger charge is 2.32. The van der Waals surface area contributed by atoms with E-state index < -0.39 is 0 Å². The number of likely N-dealkylation sites (tertiary alicyclic amines) is 1. The summed E-state index contributed by atoms with van der Waals surface area (Å²) in [7, 11) is 3.97. The number of nitrogens with one attached hydrogen (secondary N) is 1. The van der Waals surface area contributed by atoms with Crippen LogP contribution in [0.3, 0.4) is 0 Å². The molecule has 20 heavy (non-hydrogen) atoms. The highest BCUT2D eigenvalue weighted by atomic mass is 16.5. The van der Waals surface area contributed by atoms with Gasteiger partial charge in [-0.3, -0.25) is 9.69 Å². The molecule has 1 amide bonds. The van der Waals surface area contributed by atoms with Crippen molar-refractivity contribution in [3.63, 3.8) is 0 Å². The second kappa shape index (κ2) is 6.34. The maximum Gasteiger partial charge on any atom is 0.239 e. The minimum atomic E-state index is -0.359. The van der Waals surface area contributed by atoms with Crippen molar-refractivity contribution in [1.29, 1.82) is 0 Å². The summed E-state index contributed by atoms with van der Waals surface area (Å²) < 4.78 is 4.90. The van der Waals surface area contributed by atoms with Gasteiger partial charge in [0.15, 0.2) is 5.82 Å². The first-order valence-electron chi connectivity index (χ1n) is 6.74. The van der Waals surface area contributed by atoms with Gasteiger partial charge < -0.3 is 19.8 Å². The van der Waals surface area contributed by atoms with Crippen LogP contribution in [0, 0.1) is 6.92 Å². The van der Waals surface area contributed by atoms with Crippen LogP contribution in [-0.4, -0.2) is 71.8 Å². The lowest BCUT2D eigenvalue weighted by Crippen LogP contribution is -2.41. The third-order valence-electron chi connectivity index (χ3n) is 3.32. The van der Waals surface area contributed by atoms with E-state index >= 15 is 0 Å². The fourth-order valence-corrected chi connectivity index (χ4v) is 2.55. The van der Waals surface area contributed by atoms with Gasteiger partial charge in [0.2, 0.25) is 5.91 Å². The summed E-state index contributed by atoms with van der Waals surface area (Å²) in [5, 5.41) is 16.2. The maximum absolute atomic E-state index is 12.0. The van der Waals surface area contributed by atoms with Gasteiger partial charge in [-0.15, -0.1) is 0 Å². The molecule has 2 unspecified atom stereocenters. The Balaban J connectivity index is 1.88. The van der Waals surface area contributed by atoms with E-state index in [0.717, 1.165) is 6.54 Å². The van der Waals surface area contributed by atoms with E-state index in [1.807, 2.05) is 19.0 Å². The molecule has 0 saturated carbocycles. The van der Waals surface area contributed by atoms with Crippen molar-refractivity contribution in [1.82, 2.24) is 15.0 Å². The average molecular weight is 282 g/mol. The van der Waals surface area contributed by atoms with E-state index in [4.69, 9.17) is 4.52 Å². The van der Waals surface area contributed by atoms with Crippen LogP contribution in [0.1, 0.15) is 12.2 Å². The van der Waals surface area contributed by atoms with Gasteiger partial charge in [-0.25, -0.2) is 0 Å². The Morgan fingerprint density at radius 3 is 3.00 bits per heavy atom. The smallest absolute Gasteiger partial charge is 0.239 e. The average Bonchev–Trinajstić information content (AvgIpc) is 2.85. The number of aliphatic hydroxyl groups is 1. The molecule has 0 spiro atoms. The summed E-state index contributed by atoms with van der Waals surface area (Å²) in [6.07, 6.45) is 0.344. The predicted octanol–water partition coefficient (Wildman–Crippen LogP) is -0.0817. The zero-order valence-electron chi connectivity index (χ0n) is 12.2. The molecule has 7 heteroatoms. The number of aryl methyl sites for hydroxylation is 1. The summed E-state index contributed by atoms with van der Waals surface area (Å²) in [6.45, 7) is 3.38. The first kappa shape index (κ1) is 15.0. The van der Waals surface area contributed by atoms with Crippen molar-refractivity contribution in [3.05, 3.63) is 11.8 Å². The lowest BCUT2D eigenvalue weighted by Gasteiger charge is -2.25. The van der Waals surface area contributed by atoms with Crippen LogP contribution < -0.4 is 5.32 Å². The summed E-state index contributed by atoms with van der Waals surface area (Å²) in [5.41, 5.74) is 0. The van der Waals surface area contributed by atoms with E-state index in [-0.39, 0.29) is 24.6 Å². The molecule has 0 aliphatic carbocycles. The molecule has 2 atom stereocenters. The molecular formula is C13H22N4O3. The van der Waals surface area contributed by atoms with Gasteiger partial charge in [0, 0.05) is 25.2 Å². The minimum absolute atomic E-state index is 0.142. The third-order valence-corrected chi connectivity index (χ3v) is 3.32. The third kappa shape index (κ3) is 4.03. The second-order valence-corrected chi connectivity index (χ2v) is 5.61. The number of hydrogen-bond donors (Lipinski definition) is 2. The van der Waals surface area contributed by atoms with Crippen LogP contribution in [0.2, 0.25) is 0 Å². The van der Waals surface area contributed by atoms with Gasteiger partial charge in [0.25, 0.3) is 0 Å². The number of aromatic nitrogens is 1. The number of rotatable bonds is 5. The molecule has 1 aromatic heterocycles. The molecule has 112 valence electrons. The van der Waals surface area contributed by atoms with E-state index in [9.17, 15) is 9.90 Å². The lowest BCUT2D eigenvalue weighted by atomic mass is 10.2. The van der Waals surface area contributed by atoms with Gasteiger partial charge in [0.05, 0.1) is 12.6 Å². The molecule has 0 aromatic carbocycles. The van der Waals surface area contributed by atoms with Gasteiger partial charge in [-0.05, 0) is 27.4 Å². The van der Waals surface area contributed by atoms with Gasteiger partial charge in [-0.1, -0.05) is 5.16 Å². The Labute approximate surface area is 118 Å². The molecule has 2 rings (SSSR count). The predicted molar refractivity (Wildman–Crippen MR) is 74.4 cm³/mol. The molecular weight excluding hydrogens is 260 g/mol. The number of hydrogen-bond acceptors (Lipinski definition) is 6. The fourth-order valence-electron chi connectivity index (χ4n) is 2.55. The zero-order chi connectivity index (χ0) is 14.7. The quantitative estimate of drug-likeness (QED) is 0.786. The number of β-amino-alcohol motifs (C(OH)–C–C–N with tert-alkyl or cyclic N) is 1. The molecule has 1 aromatic rings. The lowest BCUT2D eigenvalue weighted by molar-refractivity contribution is -0.117. The fraction of sp³-hybridized carbons (Fsp3) is 0.692. The number of aliphatic hydroxyl groups excluding tert-OH is 1. The molecule has 1 fully saturated rings. The number of nitrogens with zero attached hydrogens (tertiary/aromatic N) is 3. The monoisotopic (exact) mass is 282 g/mol. The molecule has 1 aliphatic rings. The van der Waals surface area contributed by atoms with Gasteiger partial charge >= 0.3 is 0 Å². The van der Waals surface area contributed by atoms with E-state index in [2.05, 4.69) is 15.4 Å². The Morgan fingerprint density at radius 2 is 2.40 bits per heavy atom. The van der Waals surface area contributed by atoms with E-state index in [0.29, 0.717) is 24.5 Å². The zero-order valence-corrected chi connectivity index (χ0v) is 12.2. The Morgan fingerprint density at radius 1 is 1.65 bits per heavy atom. The van der Waals surface area contributed by atoms with E-state index in [1.165, 1.54) is 0 Å². The molecule has 0 bridgehead atoms. The van der Waals surface area contributed by atoms with Crippen LogP contribution >= 0.6 is 0 Å². The Kier molecular flexibility index (Phi) is 4.74. The van der Waals surface area contributed by atoms with Gasteiger partial charge in [-0.2, -0.15) is 0 Å². The van der Waals surface area contributed by atoms with Crippen LogP contribution in [-0.2, 0) is 4.79 Å². The first-order chi connectivity index (χ1) is 9.44. The summed E-state index contributed by atoms with van der Waals surface area (Å²) in [4.78, 5) is 16.1. The number of carbonyl (C=O) groups is 1. The van der Waals surface area contributed by atoms with Crippen molar-refractivity contribution in [2.75, 3.05) is 39.0 Å². The Hall–Kier alpha value is -1.44. The van der Waals surface area contributed by atoms with Crippen molar-refractivity contribution in [2.45, 2.75) is 25.5 Å². The highest BCUT2D eigenvalue weighted by molar-refractivity contribution is 5.91. The molecule has 7 nitrogen and oxygen atoms in total. The summed E-state index contributed by atoms with van der Waals surface area (Å²) in [5.74, 6) is 0.940. The van der Waals surface area contributed by atoms with Crippen molar-refractivity contribution < 1.29 is 14.4 Å². The number of carbonyl (C=O) groups excluding carboxylic acids is 1. The van der Waals surface area contributed by atoms with Crippen LogP contribution in [0.4, 0.5) is 5.82 Å². The molecule has 2 heterocycles. The standard InChI is InChI=1S/C13H22N4O3/c1-9-4-12(15-20-9)14-13(19)8-17-7-11(18)5-10(17)6-16(2)3/h4,10-11,18H,5-8H2,1-3H3,(H,14,15,19). The molecule has 1 aliphatic heterocycles.